The molecule has 3 heterocycles. The van der Waals surface area contributed by atoms with Crippen LogP contribution in [0, 0.1) is 18.8 Å². The van der Waals surface area contributed by atoms with E-state index in [0.717, 1.165) is 0 Å². The topological polar surface area (TPSA) is 127 Å². The number of carboxylic acids is 1. The van der Waals surface area contributed by atoms with Gasteiger partial charge in [0.25, 0.3) is 0 Å². The molecule has 0 bridgehead atoms. The highest BCUT2D eigenvalue weighted by Crippen LogP contribution is 2.50. The summed E-state index contributed by atoms with van der Waals surface area (Å²) in [6.45, 7) is 3.36. The number of aromatic nitrogens is 3. The number of aryl methyl sites for hydroxylation is 1. The standard InChI is InChI=1S/C23H17ClN4O5S2/c1-11(13-5-3-4-6-14(13)24)32-22(31)26-17-12(2)33-28-15(17)7-8-16-25-18-19(34-16)27-20(35-18)23(9-10-23)21(29)30/h3-6,11H,9-10H2,1-2H3,(H,26,31)(H,29,30). The molecule has 35 heavy (non-hydrogen) atoms. The number of hydrogen-bond acceptors (Lipinski definition) is 9. The Kier molecular flexibility index (Phi) is 5.96. The van der Waals surface area contributed by atoms with E-state index in [1.165, 1.54) is 22.7 Å². The highest BCUT2D eigenvalue weighted by atomic mass is 35.5. The SMILES string of the molecule is Cc1onc(C#Cc2nc3sc(C4(C(=O)O)CC4)nc3s2)c1NC(=O)OC(C)c1ccccc1Cl. The van der Waals surface area contributed by atoms with Gasteiger partial charge in [-0.1, -0.05) is 57.6 Å². The van der Waals surface area contributed by atoms with Crippen molar-refractivity contribution in [2.24, 2.45) is 0 Å². The first-order chi connectivity index (χ1) is 16.8. The van der Waals surface area contributed by atoms with Gasteiger partial charge in [-0.25, -0.2) is 14.8 Å². The van der Waals surface area contributed by atoms with E-state index in [2.05, 4.69) is 32.3 Å². The Balaban J connectivity index is 1.30. The van der Waals surface area contributed by atoms with Crippen LogP contribution in [0.25, 0.3) is 9.66 Å². The van der Waals surface area contributed by atoms with Gasteiger partial charge in [-0.05, 0) is 44.6 Å². The number of benzene rings is 1. The first-order valence-corrected chi connectivity index (χ1v) is 12.5. The van der Waals surface area contributed by atoms with Gasteiger partial charge in [-0.2, -0.15) is 0 Å². The minimum absolute atomic E-state index is 0.222. The number of carboxylic acid groups (broad SMARTS) is 1. The fourth-order valence-electron chi connectivity index (χ4n) is 3.42. The average molecular weight is 529 g/mol. The second kappa shape index (κ2) is 8.96. The maximum absolute atomic E-state index is 12.5. The molecule has 12 heteroatoms. The lowest BCUT2D eigenvalue weighted by molar-refractivity contribution is -0.140. The highest BCUT2D eigenvalue weighted by Gasteiger charge is 2.54. The summed E-state index contributed by atoms with van der Waals surface area (Å²) in [5.74, 6) is 5.29. The third kappa shape index (κ3) is 4.48. The Morgan fingerprint density at radius 1 is 1.23 bits per heavy atom. The lowest BCUT2D eigenvalue weighted by Gasteiger charge is -2.15. The van der Waals surface area contributed by atoms with Crippen LogP contribution < -0.4 is 5.32 Å². The molecule has 1 atom stereocenters. The molecule has 0 aliphatic heterocycles. The van der Waals surface area contributed by atoms with Gasteiger partial charge in [0.2, 0.25) is 0 Å². The number of amides is 1. The number of nitrogens with zero attached hydrogens (tertiary/aromatic N) is 3. The van der Waals surface area contributed by atoms with Crippen molar-refractivity contribution in [3.8, 4) is 11.8 Å². The van der Waals surface area contributed by atoms with Gasteiger partial charge < -0.3 is 14.4 Å². The molecular weight excluding hydrogens is 512 g/mol. The van der Waals surface area contributed by atoms with E-state index in [4.69, 9.17) is 20.9 Å². The zero-order chi connectivity index (χ0) is 24.7. The molecule has 0 spiro atoms. The number of fused-ring (bicyclic) bond motifs is 1. The van der Waals surface area contributed by atoms with Crippen LogP contribution in [0.2, 0.25) is 5.02 Å². The smallest absolute Gasteiger partial charge is 0.412 e. The number of thiazole rings is 2. The quantitative estimate of drug-likeness (QED) is 0.324. The molecule has 5 rings (SSSR count). The van der Waals surface area contributed by atoms with Crippen molar-refractivity contribution < 1.29 is 24.0 Å². The van der Waals surface area contributed by atoms with Crippen molar-refractivity contribution in [2.45, 2.75) is 38.2 Å². The van der Waals surface area contributed by atoms with E-state index in [1.54, 1.807) is 32.0 Å². The molecule has 178 valence electrons. The zero-order valence-electron chi connectivity index (χ0n) is 18.4. The minimum atomic E-state index is -0.853. The normalized spacial score (nSPS) is 14.7. The number of anilines is 1. The average Bonchev–Trinajstić information content (AvgIpc) is 3.25. The summed E-state index contributed by atoms with van der Waals surface area (Å²) < 4.78 is 10.6. The van der Waals surface area contributed by atoms with Gasteiger partial charge in [0, 0.05) is 10.6 Å². The maximum atomic E-state index is 12.5. The summed E-state index contributed by atoms with van der Waals surface area (Å²) in [6.07, 6.45) is -0.0894. The van der Waals surface area contributed by atoms with E-state index in [0.29, 0.717) is 54.6 Å². The van der Waals surface area contributed by atoms with Gasteiger partial charge in [0.05, 0.1) is 0 Å². The number of carbonyl (C=O) groups excluding carboxylic acids is 1. The van der Waals surface area contributed by atoms with Crippen LogP contribution in [-0.4, -0.2) is 32.3 Å². The second-order valence-electron chi connectivity index (χ2n) is 7.94. The fourth-order valence-corrected chi connectivity index (χ4v) is 5.85. The van der Waals surface area contributed by atoms with E-state index in [1.807, 2.05) is 6.07 Å². The molecule has 4 aromatic rings. The van der Waals surface area contributed by atoms with Crippen LogP contribution in [-0.2, 0) is 14.9 Å². The van der Waals surface area contributed by atoms with Crippen molar-refractivity contribution in [1.82, 2.24) is 15.1 Å². The van der Waals surface area contributed by atoms with Crippen LogP contribution >= 0.6 is 34.3 Å². The van der Waals surface area contributed by atoms with E-state index in [-0.39, 0.29) is 5.69 Å². The second-order valence-corrected chi connectivity index (χ2v) is 10.3. The predicted molar refractivity (Wildman–Crippen MR) is 131 cm³/mol. The molecule has 2 N–H and O–H groups in total. The van der Waals surface area contributed by atoms with Crippen LogP contribution in [0.3, 0.4) is 0 Å². The fraction of sp³-hybridized carbons (Fsp3) is 0.261. The van der Waals surface area contributed by atoms with E-state index >= 15 is 0 Å². The number of hydrogen-bond donors (Lipinski definition) is 2. The number of aliphatic carboxylic acids is 1. The molecule has 1 amide bonds. The Labute approximate surface area is 212 Å². The lowest BCUT2D eigenvalue weighted by atomic mass is 10.1. The molecule has 1 aliphatic rings. The first-order valence-electron chi connectivity index (χ1n) is 10.5. The molecule has 1 aromatic carbocycles. The van der Waals surface area contributed by atoms with Gasteiger partial charge in [-0.15, -0.1) is 0 Å². The summed E-state index contributed by atoms with van der Waals surface area (Å²) in [5.41, 5.74) is 0.348. The van der Waals surface area contributed by atoms with Crippen molar-refractivity contribution >= 4 is 61.7 Å². The third-order valence-electron chi connectivity index (χ3n) is 5.55. The van der Waals surface area contributed by atoms with Gasteiger partial charge >= 0.3 is 12.1 Å². The van der Waals surface area contributed by atoms with Gasteiger partial charge in [0.15, 0.2) is 26.1 Å². The van der Waals surface area contributed by atoms with Crippen LogP contribution in [0.5, 0.6) is 0 Å². The summed E-state index contributed by atoms with van der Waals surface area (Å²) in [4.78, 5) is 34.2. The van der Waals surface area contributed by atoms with Crippen molar-refractivity contribution in [1.29, 1.82) is 0 Å². The summed E-state index contributed by atoms with van der Waals surface area (Å²) >= 11 is 8.72. The Morgan fingerprint density at radius 3 is 2.66 bits per heavy atom. The Morgan fingerprint density at radius 2 is 1.97 bits per heavy atom. The van der Waals surface area contributed by atoms with Crippen LogP contribution in [0.15, 0.2) is 28.8 Å². The molecule has 0 radical (unpaired) electrons. The van der Waals surface area contributed by atoms with Crippen molar-refractivity contribution in [2.75, 3.05) is 5.32 Å². The number of rotatable bonds is 5. The zero-order valence-corrected chi connectivity index (χ0v) is 20.8. The predicted octanol–water partition coefficient (Wildman–Crippen LogP) is 5.53. The molecule has 1 saturated carbocycles. The van der Waals surface area contributed by atoms with Crippen LogP contribution in [0.1, 0.15) is 52.9 Å². The van der Waals surface area contributed by atoms with Crippen LogP contribution in [0.4, 0.5) is 10.5 Å². The molecule has 1 aliphatic carbocycles. The summed E-state index contributed by atoms with van der Waals surface area (Å²) in [6, 6.07) is 7.11. The summed E-state index contributed by atoms with van der Waals surface area (Å²) in [7, 11) is 0. The minimum Gasteiger partial charge on any atom is -0.481 e. The number of carbonyl (C=O) groups is 2. The monoisotopic (exact) mass is 528 g/mol. The molecule has 3 aromatic heterocycles. The molecule has 1 fully saturated rings. The van der Waals surface area contributed by atoms with Crippen molar-refractivity contribution in [3.05, 3.63) is 56.3 Å². The first kappa shape index (κ1) is 23.3. The van der Waals surface area contributed by atoms with E-state index < -0.39 is 23.6 Å². The molecule has 0 saturated heterocycles. The highest BCUT2D eigenvalue weighted by molar-refractivity contribution is 7.26. The molecule has 9 nitrogen and oxygen atoms in total. The lowest BCUT2D eigenvalue weighted by Crippen LogP contribution is -2.18. The Hall–Kier alpha value is -3.46. The van der Waals surface area contributed by atoms with Crippen molar-refractivity contribution in [3.63, 3.8) is 0 Å². The number of nitrogens with one attached hydrogen (secondary N) is 1. The van der Waals surface area contributed by atoms with Gasteiger partial charge in [-0.3, -0.25) is 10.1 Å². The third-order valence-corrected chi connectivity index (χ3v) is 8.04. The maximum Gasteiger partial charge on any atom is 0.412 e. The van der Waals surface area contributed by atoms with E-state index in [9.17, 15) is 14.7 Å². The number of halogens is 1. The number of ether oxygens (including phenoxy) is 1. The Bertz CT molecular complexity index is 1490. The largest absolute Gasteiger partial charge is 0.481 e. The molecular formula is C23H17ClN4O5S2. The van der Waals surface area contributed by atoms with Gasteiger partial charge in [0.1, 0.15) is 22.2 Å². The summed E-state index contributed by atoms with van der Waals surface area (Å²) in [5, 5.41) is 17.6. The molecule has 1 unspecified atom stereocenters.